The summed E-state index contributed by atoms with van der Waals surface area (Å²) in [7, 11) is 1.75. The maximum absolute atomic E-state index is 5.52. The number of benzene rings is 2. The minimum absolute atomic E-state index is 0.980. The zero-order valence-electron chi connectivity index (χ0n) is 13.4. The monoisotopic (exact) mass is 293 g/mol. The third-order valence-corrected chi connectivity index (χ3v) is 4.24. The van der Waals surface area contributed by atoms with Crippen molar-refractivity contribution in [3.05, 3.63) is 71.3 Å². The van der Waals surface area contributed by atoms with Crippen molar-refractivity contribution in [2.75, 3.05) is 20.2 Å². The summed E-state index contributed by atoms with van der Waals surface area (Å²) in [4.78, 5) is 2.49. The van der Waals surface area contributed by atoms with Gasteiger partial charge < -0.3 is 4.74 Å². The lowest BCUT2D eigenvalue weighted by Crippen LogP contribution is -2.28. The van der Waals surface area contributed by atoms with E-state index in [1.54, 1.807) is 7.11 Å². The summed E-state index contributed by atoms with van der Waals surface area (Å²) in [6.07, 6.45) is 3.43. The zero-order chi connectivity index (χ0) is 15.4. The highest BCUT2D eigenvalue weighted by Crippen LogP contribution is 2.31. The standard InChI is InChI=1S/C20H23NO/c1-16-8-9-20(22-2)19(14-16)18-10-12-21(13-11-18)15-17-6-4-3-5-7-17/h3-10,14H,11-13,15H2,1-2H3. The van der Waals surface area contributed by atoms with Gasteiger partial charge in [0, 0.05) is 25.2 Å². The van der Waals surface area contributed by atoms with Crippen LogP contribution in [0.3, 0.4) is 0 Å². The van der Waals surface area contributed by atoms with Gasteiger partial charge >= 0.3 is 0 Å². The molecule has 2 nitrogen and oxygen atoms in total. The highest BCUT2D eigenvalue weighted by Gasteiger charge is 2.16. The summed E-state index contributed by atoms with van der Waals surface area (Å²) < 4.78 is 5.52. The molecule has 114 valence electrons. The van der Waals surface area contributed by atoms with E-state index in [4.69, 9.17) is 4.74 Å². The van der Waals surface area contributed by atoms with Gasteiger partial charge in [-0.05, 0) is 36.6 Å². The summed E-state index contributed by atoms with van der Waals surface area (Å²) >= 11 is 0. The molecule has 0 N–H and O–H groups in total. The number of hydrogen-bond donors (Lipinski definition) is 0. The maximum atomic E-state index is 5.52. The molecule has 0 aromatic heterocycles. The molecule has 1 heterocycles. The van der Waals surface area contributed by atoms with Crippen LogP contribution in [0.1, 0.15) is 23.1 Å². The van der Waals surface area contributed by atoms with Gasteiger partial charge in [0.15, 0.2) is 0 Å². The molecule has 0 aliphatic carbocycles. The lowest BCUT2D eigenvalue weighted by molar-refractivity contribution is 0.293. The van der Waals surface area contributed by atoms with Gasteiger partial charge in [0.1, 0.15) is 5.75 Å². The third kappa shape index (κ3) is 3.40. The maximum Gasteiger partial charge on any atom is 0.126 e. The van der Waals surface area contributed by atoms with Crippen molar-refractivity contribution in [2.45, 2.75) is 19.9 Å². The van der Waals surface area contributed by atoms with E-state index in [0.29, 0.717) is 0 Å². The lowest BCUT2D eigenvalue weighted by Gasteiger charge is -2.27. The highest BCUT2D eigenvalue weighted by atomic mass is 16.5. The predicted octanol–water partition coefficient (Wildman–Crippen LogP) is 4.29. The van der Waals surface area contributed by atoms with Gasteiger partial charge in [0.2, 0.25) is 0 Å². The first-order valence-corrected chi connectivity index (χ1v) is 7.86. The second-order valence-corrected chi connectivity index (χ2v) is 5.90. The third-order valence-electron chi connectivity index (χ3n) is 4.24. The Balaban J connectivity index is 1.72. The minimum atomic E-state index is 0.980. The molecule has 22 heavy (non-hydrogen) atoms. The van der Waals surface area contributed by atoms with Crippen LogP contribution in [0.15, 0.2) is 54.6 Å². The molecule has 0 spiro atoms. The van der Waals surface area contributed by atoms with Crippen LogP contribution in [0.5, 0.6) is 5.75 Å². The Kier molecular flexibility index (Phi) is 4.59. The first-order chi connectivity index (χ1) is 10.8. The normalized spacial score (nSPS) is 15.5. The first kappa shape index (κ1) is 14.9. The Labute approximate surface area is 133 Å². The second-order valence-electron chi connectivity index (χ2n) is 5.90. The van der Waals surface area contributed by atoms with E-state index < -0.39 is 0 Å². The SMILES string of the molecule is COc1ccc(C)cc1C1=CCN(Cc2ccccc2)CC1. The van der Waals surface area contributed by atoms with E-state index in [9.17, 15) is 0 Å². The van der Waals surface area contributed by atoms with Crippen molar-refractivity contribution in [3.8, 4) is 5.75 Å². The van der Waals surface area contributed by atoms with Crippen LogP contribution in [-0.2, 0) is 6.54 Å². The molecule has 1 aliphatic rings. The molecule has 2 aromatic carbocycles. The second kappa shape index (κ2) is 6.80. The molecular weight excluding hydrogens is 270 g/mol. The van der Waals surface area contributed by atoms with Gasteiger partial charge in [0.25, 0.3) is 0 Å². The van der Waals surface area contributed by atoms with E-state index in [2.05, 4.69) is 66.4 Å². The van der Waals surface area contributed by atoms with Crippen LogP contribution >= 0.6 is 0 Å². The largest absolute Gasteiger partial charge is 0.496 e. The van der Waals surface area contributed by atoms with E-state index in [0.717, 1.165) is 31.8 Å². The Morgan fingerprint density at radius 3 is 2.59 bits per heavy atom. The molecule has 1 aliphatic heterocycles. The van der Waals surface area contributed by atoms with E-state index in [-0.39, 0.29) is 0 Å². The fourth-order valence-electron chi connectivity index (χ4n) is 3.01. The molecule has 0 saturated heterocycles. The Morgan fingerprint density at radius 2 is 1.91 bits per heavy atom. The number of hydrogen-bond acceptors (Lipinski definition) is 2. The van der Waals surface area contributed by atoms with Gasteiger partial charge in [0.05, 0.1) is 7.11 Å². The Morgan fingerprint density at radius 1 is 1.09 bits per heavy atom. The molecule has 0 unspecified atom stereocenters. The molecule has 0 amide bonds. The molecule has 2 aromatic rings. The van der Waals surface area contributed by atoms with Crippen LogP contribution < -0.4 is 4.74 Å². The molecular formula is C20H23NO. The van der Waals surface area contributed by atoms with E-state index in [1.807, 2.05) is 0 Å². The van der Waals surface area contributed by atoms with Gasteiger partial charge in [-0.1, -0.05) is 48.0 Å². The van der Waals surface area contributed by atoms with Gasteiger partial charge in [-0.15, -0.1) is 0 Å². The molecule has 0 bridgehead atoms. The first-order valence-electron chi connectivity index (χ1n) is 7.86. The molecule has 2 heteroatoms. The predicted molar refractivity (Wildman–Crippen MR) is 92.0 cm³/mol. The van der Waals surface area contributed by atoms with Crippen molar-refractivity contribution in [2.24, 2.45) is 0 Å². The summed E-state index contributed by atoms with van der Waals surface area (Å²) in [5.41, 5.74) is 5.32. The van der Waals surface area contributed by atoms with Crippen molar-refractivity contribution in [1.29, 1.82) is 0 Å². The smallest absolute Gasteiger partial charge is 0.126 e. The zero-order valence-corrected chi connectivity index (χ0v) is 13.4. The quantitative estimate of drug-likeness (QED) is 0.833. The summed E-state index contributed by atoms with van der Waals surface area (Å²) in [5.74, 6) is 0.980. The van der Waals surface area contributed by atoms with Crippen molar-refractivity contribution in [1.82, 2.24) is 4.90 Å². The number of methoxy groups -OCH3 is 1. The molecule has 0 radical (unpaired) electrons. The summed E-state index contributed by atoms with van der Waals surface area (Å²) in [6, 6.07) is 17.1. The van der Waals surface area contributed by atoms with Crippen LogP contribution in [0, 0.1) is 6.92 Å². The van der Waals surface area contributed by atoms with Crippen molar-refractivity contribution < 1.29 is 4.74 Å². The number of nitrogens with zero attached hydrogens (tertiary/aromatic N) is 1. The summed E-state index contributed by atoms with van der Waals surface area (Å²) in [5, 5.41) is 0. The van der Waals surface area contributed by atoms with Gasteiger partial charge in [-0.25, -0.2) is 0 Å². The van der Waals surface area contributed by atoms with Gasteiger partial charge in [-0.2, -0.15) is 0 Å². The minimum Gasteiger partial charge on any atom is -0.496 e. The van der Waals surface area contributed by atoms with Crippen molar-refractivity contribution >= 4 is 5.57 Å². The van der Waals surface area contributed by atoms with Crippen LogP contribution in [0.4, 0.5) is 0 Å². The topological polar surface area (TPSA) is 12.5 Å². The molecule has 0 atom stereocenters. The van der Waals surface area contributed by atoms with Crippen LogP contribution in [-0.4, -0.2) is 25.1 Å². The van der Waals surface area contributed by atoms with Gasteiger partial charge in [-0.3, -0.25) is 4.90 Å². The number of aryl methyl sites for hydroxylation is 1. The fraction of sp³-hybridized carbons (Fsp3) is 0.300. The molecule has 0 fully saturated rings. The summed E-state index contributed by atoms with van der Waals surface area (Å²) in [6.45, 7) is 5.25. The van der Waals surface area contributed by atoms with Crippen LogP contribution in [0.25, 0.3) is 5.57 Å². The highest BCUT2D eigenvalue weighted by molar-refractivity contribution is 5.72. The Hall–Kier alpha value is -2.06. The number of rotatable bonds is 4. The molecule has 0 saturated carbocycles. The van der Waals surface area contributed by atoms with E-state index in [1.165, 1.54) is 22.3 Å². The Bertz CT molecular complexity index is 661. The van der Waals surface area contributed by atoms with E-state index >= 15 is 0 Å². The van der Waals surface area contributed by atoms with Crippen molar-refractivity contribution in [3.63, 3.8) is 0 Å². The average Bonchev–Trinajstić information content (AvgIpc) is 2.56. The molecule has 3 rings (SSSR count). The van der Waals surface area contributed by atoms with Crippen LogP contribution in [0.2, 0.25) is 0 Å². The lowest BCUT2D eigenvalue weighted by atomic mass is 9.97. The fourth-order valence-corrected chi connectivity index (χ4v) is 3.01. The average molecular weight is 293 g/mol. The number of ether oxygens (including phenoxy) is 1.